The Labute approximate surface area is 118 Å². The van der Waals surface area contributed by atoms with Crippen molar-refractivity contribution < 1.29 is 18.6 Å². The van der Waals surface area contributed by atoms with Gasteiger partial charge in [-0.05, 0) is 36.8 Å². The largest absolute Gasteiger partial charge is 0.505 e. The average molecular weight is 284 g/mol. The highest BCUT2D eigenvalue weighted by atomic mass is 19.2. The van der Waals surface area contributed by atoms with Crippen LogP contribution in [0, 0.1) is 23.5 Å². The van der Waals surface area contributed by atoms with E-state index in [9.17, 15) is 8.78 Å². The fourth-order valence-electron chi connectivity index (χ4n) is 2.94. The Morgan fingerprint density at radius 3 is 2.40 bits per heavy atom. The summed E-state index contributed by atoms with van der Waals surface area (Å²) in [6.07, 6.45) is 7.09. The van der Waals surface area contributed by atoms with E-state index in [1.807, 2.05) is 0 Å². The third-order valence-corrected chi connectivity index (χ3v) is 4.16. The van der Waals surface area contributed by atoms with Crippen LogP contribution < -0.4 is 4.74 Å². The van der Waals surface area contributed by atoms with Gasteiger partial charge in [0, 0.05) is 0 Å². The van der Waals surface area contributed by atoms with Crippen LogP contribution in [0.1, 0.15) is 45.4 Å². The number of benzene rings is 1. The average Bonchev–Trinajstić information content (AvgIpc) is 2.46. The summed E-state index contributed by atoms with van der Waals surface area (Å²) in [6, 6.07) is 2.39. The monoisotopic (exact) mass is 284 g/mol. The highest BCUT2D eigenvalue weighted by Crippen LogP contribution is 2.33. The van der Waals surface area contributed by atoms with Crippen molar-refractivity contribution in [2.45, 2.75) is 45.4 Å². The van der Waals surface area contributed by atoms with Gasteiger partial charge in [0.1, 0.15) is 0 Å². The normalized spacial score (nSPS) is 22.8. The molecular weight excluding hydrogens is 262 g/mol. The summed E-state index contributed by atoms with van der Waals surface area (Å²) in [7, 11) is 0. The van der Waals surface area contributed by atoms with Crippen LogP contribution in [0.2, 0.25) is 0 Å². The molecule has 1 aromatic rings. The van der Waals surface area contributed by atoms with Gasteiger partial charge >= 0.3 is 0 Å². The summed E-state index contributed by atoms with van der Waals surface area (Å²) >= 11 is 0. The second-order valence-electron chi connectivity index (χ2n) is 5.70. The Kier molecular flexibility index (Phi) is 5.21. The van der Waals surface area contributed by atoms with E-state index in [2.05, 4.69) is 6.92 Å². The van der Waals surface area contributed by atoms with E-state index in [0.29, 0.717) is 12.5 Å². The fourth-order valence-corrected chi connectivity index (χ4v) is 2.94. The molecule has 1 aromatic carbocycles. The minimum Gasteiger partial charge on any atom is -0.505 e. The molecule has 0 heterocycles. The van der Waals surface area contributed by atoms with Gasteiger partial charge in [0.15, 0.2) is 11.5 Å². The number of phenols is 1. The maximum Gasteiger partial charge on any atom is 0.204 e. The third-order valence-electron chi connectivity index (χ3n) is 4.16. The van der Waals surface area contributed by atoms with Crippen LogP contribution in [0.25, 0.3) is 0 Å². The zero-order valence-corrected chi connectivity index (χ0v) is 11.9. The lowest BCUT2D eigenvalue weighted by atomic mass is 9.80. The SMILES string of the molecule is CCCC1CCC(COc2ccc(O)c(F)c2F)CC1. The van der Waals surface area contributed by atoms with Crippen molar-refractivity contribution in [1.82, 2.24) is 0 Å². The summed E-state index contributed by atoms with van der Waals surface area (Å²) in [5.41, 5.74) is 0. The van der Waals surface area contributed by atoms with Crippen LogP contribution >= 0.6 is 0 Å². The summed E-state index contributed by atoms with van der Waals surface area (Å²) < 4.78 is 32.1. The van der Waals surface area contributed by atoms with Gasteiger partial charge in [0.25, 0.3) is 0 Å². The highest BCUT2D eigenvalue weighted by molar-refractivity contribution is 5.33. The molecule has 0 amide bonds. The molecule has 0 radical (unpaired) electrons. The van der Waals surface area contributed by atoms with Crippen LogP contribution in [0.3, 0.4) is 0 Å². The zero-order chi connectivity index (χ0) is 14.5. The van der Waals surface area contributed by atoms with Gasteiger partial charge in [0.05, 0.1) is 6.61 Å². The molecule has 0 saturated heterocycles. The maximum absolute atomic E-state index is 13.5. The molecule has 0 atom stereocenters. The number of ether oxygens (including phenoxy) is 1. The summed E-state index contributed by atoms with van der Waals surface area (Å²) in [5, 5.41) is 9.05. The van der Waals surface area contributed by atoms with Crippen molar-refractivity contribution >= 4 is 0 Å². The van der Waals surface area contributed by atoms with Gasteiger partial charge in [-0.15, -0.1) is 0 Å². The molecule has 1 N–H and O–H groups in total. The van der Waals surface area contributed by atoms with Crippen molar-refractivity contribution in [2.75, 3.05) is 6.61 Å². The number of aromatic hydroxyl groups is 1. The van der Waals surface area contributed by atoms with Gasteiger partial charge in [0.2, 0.25) is 11.6 Å². The maximum atomic E-state index is 13.5. The molecule has 0 aromatic heterocycles. The molecular formula is C16H22F2O2. The van der Waals surface area contributed by atoms with Crippen LogP contribution in [0.5, 0.6) is 11.5 Å². The first-order valence-corrected chi connectivity index (χ1v) is 7.41. The van der Waals surface area contributed by atoms with Crippen molar-refractivity contribution in [1.29, 1.82) is 0 Å². The molecule has 2 rings (SSSR count). The number of rotatable bonds is 5. The molecule has 0 bridgehead atoms. The summed E-state index contributed by atoms with van der Waals surface area (Å²) in [5.74, 6) is -1.91. The van der Waals surface area contributed by atoms with E-state index in [1.165, 1.54) is 31.7 Å². The fraction of sp³-hybridized carbons (Fsp3) is 0.625. The highest BCUT2D eigenvalue weighted by Gasteiger charge is 2.22. The van der Waals surface area contributed by atoms with Gasteiger partial charge in [-0.25, -0.2) is 0 Å². The first-order chi connectivity index (χ1) is 9.61. The lowest BCUT2D eigenvalue weighted by molar-refractivity contribution is 0.173. The first kappa shape index (κ1) is 15.1. The Hall–Kier alpha value is -1.32. The van der Waals surface area contributed by atoms with Crippen LogP contribution in [0.4, 0.5) is 8.78 Å². The molecule has 1 aliphatic carbocycles. The molecule has 1 fully saturated rings. The van der Waals surface area contributed by atoms with Gasteiger partial charge < -0.3 is 9.84 Å². The number of hydrogen-bond acceptors (Lipinski definition) is 2. The summed E-state index contributed by atoms with van der Waals surface area (Å²) in [4.78, 5) is 0. The Bertz CT molecular complexity index is 440. The van der Waals surface area contributed by atoms with E-state index in [1.54, 1.807) is 0 Å². The minimum absolute atomic E-state index is 0.115. The molecule has 0 aliphatic heterocycles. The van der Waals surface area contributed by atoms with Crippen molar-refractivity contribution in [3.8, 4) is 11.5 Å². The smallest absolute Gasteiger partial charge is 0.204 e. The summed E-state index contributed by atoms with van der Waals surface area (Å²) in [6.45, 7) is 2.62. The third kappa shape index (κ3) is 3.62. The molecule has 112 valence electrons. The first-order valence-electron chi connectivity index (χ1n) is 7.41. The topological polar surface area (TPSA) is 29.5 Å². The second-order valence-corrected chi connectivity index (χ2v) is 5.70. The Balaban J connectivity index is 1.83. The predicted molar refractivity (Wildman–Crippen MR) is 73.9 cm³/mol. The van der Waals surface area contributed by atoms with Crippen LogP contribution in [0.15, 0.2) is 12.1 Å². The van der Waals surface area contributed by atoms with Gasteiger partial charge in [-0.2, -0.15) is 8.78 Å². The second kappa shape index (κ2) is 6.91. The molecule has 4 heteroatoms. The molecule has 1 aliphatic rings. The molecule has 20 heavy (non-hydrogen) atoms. The van der Waals surface area contributed by atoms with E-state index in [0.717, 1.165) is 24.8 Å². The zero-order valence-electron chi connectivity index (χ0n) is 11.9. The van der Waals surface area contributed by atoms with Crippen molar-refractivity contribution in [2.24, 2.45) is 11.8 Å². The standard InChI is InChI=1S/C16H22F2O2/c1-2-3-11-4-6-12(7-5-11)10-20-14-9-8-13(19)15(17)16(14)18/h8-9,11-12,19H,2-7,10H2,1H3. The van der Waals surface area contributed by atoms with Gasteiger partial charge in [-0.1, -0.05) is 32.6 Å². The van der Waals surface area contributed by atoms with E-state index in [4.69, 9.17) is 9.84 Å². The minimum atomic E-state index is -1.24. The van der Waals surface area contributed by atoms with E-state index in [-0.39, 0.29) is 5.75 Å². The number of phenolic OH excluding ortho intramolecular Hbond substituents is 1. The van der Waals surface area contributed by atoms with Crippen LogP contribution in [-0.4, -0.2) is 11.7 Å². The van der Waals surface area contributed by atoms with E-state index < -0.39 is 17.4 Å². The van der Waals surface area contributed by atoms with Crippen molar-refractivity contribution in [3.63, 3.8) is 0 Å². The number of halogens is 2. The molecule has 1 saturated carbocycles. The Morgan fingerprint density at radius 1 is 1.10 bits per heavy atom. The van der Waals surface area contributed by atoms with Crippen molar-refractivity contribution in [3.05, 3.63) is 23.8 Å². The Morgan fingerprint density at radius 2 is 1.75 bits per heavy atom. The molecule has 0 unspecified atom stereocenters. The lowest BCUT2D eigenvalue weighted by Crippen LogP contribution is -2.20. The quantitative estimate of drug-likeness (QED) is 0.852. The molecule has 2 nitrogen and oxygen atoms in total. The lowest BCUT2D eigenvalue weighted by Gasteiger charge is -2.28. The number of hydrogen-bond donors (Lipinski definition) is 1. The van der Waals surface area contributed by atoms with Gasteiger partial charge in [-0.3, -0.25) is 0 Å². The van der Waals surface area contributed by atoms with E-state index >= 15 is 0 Å². The molecule has 0 spiro atoms. The predicted octanol–water partition coefficient (Wildman–Crippen LogP) is 4.66. The van der Waals surface area contributed by atoms with Crippen LogP contribution in [-0.2, 0) is 0 Å².